The van der Waals surface area contributed by atoms with Crippen LogP contribution in [0.3, 0.4) is 0 Å². The van der Waals surface area contributed by atoms with Crippen molar-refractivity contribution < 1.29 is 17.9 Å². The predicted molar refractivity (Wildman–Crippen MR) is 51.0 cm³/mol. The summed E-state index contributed by atoms with van der Waals surface area (Å²) in [6.45, 7) is 1.67. The number of halogens is 3. The van der Waals surface area contributed by atoms with Gasteiger partial charge in [0.2, 0.25) is 0 Å². The zero-order valence-electron chi connectivity index (χ0n) is 8.25. The van der Waals surface area contributed by atoms with Crippen LogP contribution in [0.15, 0.2) is 18.3 Å². The van der Waals surface area contributed by atoms with Crippen LogP contribution in [-0.4, -0.2) is 15.7 Å². The zero-order valence-corrected chi connectivity index (χ0v) is 8.25. The SMILES string of the molecule is Cc1nc2cc(OC(F)(F)F)ccn2c1N. The van der Waals surface area contributed by atoms with Crippen LogP contribution in [0.5, 0.6) is 5.75 Å². The van der Waals surface area contributed by atoms with Crippen molar-refractivity contribution in [3.05, 3.63) is 24.0 Å². The summed E-state index contributed by atoms with van der Waals surface area (Å²) in [5.41, 5.74) is 6.53. The van der Waals surface area contributed by atoms with E-state index in [2.05, 4.69) is 9.72 Å². The molecule has 0 aliphatic rings. The Balaban J connectivity index is 2.45. The van der Waals surface area contributed by atoms with Gasteiger partial charge in [0.15, 0.2) is 0 Å². The second kappa shape index (κ2) is 3.29. The maximum absolute atomic E-state index is 12.0. The Morgan fingerprint density at radius 3 is 2.75 bits per heavy atom. The molecule has 2 heterocycles. The molecule has 0 saturated carbocycles. The fraction of sp³-hybridized carbons (Fsp3) is 0.222. The molecular formula is C9H8F3N3O. The van der Waals surface area contributed by atoms with E-state index in [1.807, 2.05) is 0 Å². The molecule has 0 atom stereocenters. The molecule has 0 spiro atoms. The number of imidazole rings is 1. The van der Waals surface area contributed by atoms with Crippen LogP contribution in [0.4, 0.5) is 19.0 Å². The lowest BCUT2D eigenvalue weighted by Gasteiger charge is -2.08. The Kier molecular flexibility index (Phi) is 2.18. The number of fused-ring (bicyclic) bond motifs is 1. The maximum Gasteiger partial charge on any atom is 0.573 e. The highest BCUT2D eigenvalue weighted by atomic mass is 19.4. The fourth-order valence-electron chi connectivity index (χ4n) is 1.36. The van der Waals surface area contributed by atoms with Gasteiger partial charge in [-0.3, -0.25) is 4.40 Å². The normalized spacial score (nSPS) is 12.0. The van der Waals surface area contributed by atoms with Crippen LogP contribution in [0, 0.1) is 6.92 Å². The van der Waals surface area contributed by atoms with Crippen molar-refractivity contribution in [3.8, 4) is 5.75 Å². The van der Waals surface area contributed by atoms with E-state index in [1.54, 1.807) is 6.92 Å². The number of hydrogen-bond acceptors (Lipinski definition) is 3. The number of nitrogens with two attached hydrogens (primary N) is 1. The lowest BCUT2D eigenvalue weighted by atomic mass is 10.4. The molecule has 2 rings (SSSR count). The van der Waals surface area contributed by atoms with E-state index < -0.39 is 6.36 Å². The molecule has 0 amide bonds. The molecule has 0 saturated heterocycles. The van der Waals surface area contributed by atoms with Gasteiger partial charge in [0.05, 0.1) is 5.69 Å². The first-order valence-electron chi connectivity index (χ1n) is 4.37. The van der Waals surface area contributed by atoms with E-state index in [0.29, 0.717) is 17.2 Å². The molecule has 0 unspecified atom stereocenters. The van der Waals surface area contributed by atoms with Gasteiger partial charge in [-0.1, -0.05) is 0 Å². The Hall–Kier alpha value is -1.92. The first kappa shape index (κ1) is 10.6. The summed E-state index contributed by atoms with van der Waals surface area (Å²) in [5, 5.41) is 0. The third-order valence-corrected chi connectivity index (χ3v) is 2.05. The molecule has 2 N–H and O–H groups in total. The molecule has 0 radical (unpaired) electrons. The van der Waals surface area contributed by atoms with Crippen molar-refractivity contribution in [1.29, 1.82) is 0 Å². The number of anilines is 1. The molecule has 0 aliphatic carbocycles. The number of aryl methyl sites for hydroxylation is 1. The van der Waals surface area contributed by atoms with Crippen molar-refractivity contribution in [3.63, 3.8) is 0 Å². The van der Waals surface area contributed by atoms with Crippen LogP contribution in [-0.2, 0) is 0 Å². The number of nitrogen functional groups attached to an aromatic ring is 1. The maximum atomic E-state index is 12.0. The Morgan fingerprint density at radius 1 is 1.44 bits per heavy atom. The van der Waals surface area contributed by atoms with Gasteiger partial charge in [0, 0.05) is 12.3 Å². The van der Waals surface area contributed by atoms with E-state index >= 15 is 0 Å². The minimum Gasteiger partial charge on any atom is -0.406 e. The number of pyridine rings is 1. The van der Waals surface area contributed by atoms with Crippen LogP contribution in [0.1, 0.15) is 5.69 Å². The smallest absolute Gasteiger partial charge is 0.406 e. The minimum absolute atomic E-state index is 0.315. The zero-order chi connectivity index (χ0) is 11.9. The number of hydrogen-bond donors (Lipinski definition) is 1. The van der Waals surface area contributed by atoms with Crippen LogP contribution >= 0.6 is 0 Å². The van der Waals surface area contributed by atoms with E-state index in [4.69, 9.17) is 5.73 Å². The van der Waals surface area contributed by atoms with Gasteiger partial charge in [-0.05, 0) is 13.0 Å². The molecule has 2 aromatic rings. The standard InChI is InChI=1S/C9H8F3N3O/c1-5-8(13)15-3-2-6(4-7(15)14-5)16-9(10,11)12/h2-4H,13H2,1H3. The number of alkyl halides is 3. The van der Waals surface area contributed by atoms with Gasteiger partial charge in [-0.15, -0.1) is 13.2 Å². The van der Waals surface area contributed by atoms with Gasteiger partial charge in [0.1, 0.15) is 17.2 Å². The monoisotopic (exact) mass is 231 g/mol. The van der Waals surface area contributed by atoms with E-state index in [1.165, 1.54) is 22.7 Å². The molecule has 7 heteroatoms. The highest BCUT2D eigenvalue weighted by molar-refractivity contribution is 5.54. The Labute approximate surface area is 88.4 Å². The Morgan fingerprint density at radius 2 is 2.12 bits per heavy atom. The lowest BCUT2D eigenvalue weighted by Crippen LogP contribution is -2.17. The molecular weight excluding hydrogens is 223 g/mol. The molecule has 0 bridgehead atoms. The molecule has 4 nitrogen and oxygen atoms in total. The van der Waals surface area contributed by atoms with Crippen molar-refractivity contribution in [2.45, 2.75) is 13.3 Å². The molecule has 0 aromatic carbocycles. The first-order valence-corrected chi connectivity index (χ1v) is 4.37. The van der Waals surface area contributed by atoms with Crippen LogP contribution in [0.25, 0.3) is 5.65 Å². The molecule has 0 aliphatic heterocycles. The highest BCUT2D eigenvalue weighted by Gasteiger charge is 2.31. The van der Waals surface area contributed by atoms with Gasteiger partial charge in [0.25, 0.3) is 0 Å². The summed E-state index contributed by atoms with van der Waals surface area (Å²) >= 11 is 0. The molecule has 2 aromatic heterocycles. The van der Waals surface area contributed by atoms with Crippen LogP contribution < -0.4 is 10.5 Å². The summed E-state index contributed by atoms with van der Waals surface area (Å²) in [6.07, 6.45) is -3.32. The summed E-state index contributed by atoms with van der Waals surface area (Å²) in [4.78, 5) is 3.99. The minimum atomic E-state index is -4.70. The summed E-state index contributed by atoms with van der Waals surface area (Å²) < 4.78 is 41.1. The molecule has 86 valence electrons. The fourth-order valence-corrected chi connectivity index (χ4v) is 1.36. The largest absolute Gasteiger partial charge is 0.573 e. The Bertz CT molecular complexity index is 533. The predicted octanol–water partition coefficient (Wildman–Crippen LogP) is 2.12. The number of rotatable bonds is 1. The third kappa shape index (κ3) is 1.88. The lowest BCUT2D eigenvalue weighted by molar-refractivity contribution is -0.274. The van der Waals surface area contributed by atoms with Crippen molar-refractivity contribution in [2.75, 3.05) is 5.73 Å². The quantitative estimate of drug-likeness (QED) is 0.817. The average Bonchev–Trinajstić information content (AvgIpc) is 2.40. The van der Waals surface area contributed by atoms with Gasteiger partial charge in [-0.2, -0.15) is 0 Å². The summed E-state index contributed by atoms with van der Waals surface area (Å²) in [6, 6.07) is 2.36. The topological polar surface area (TPSA) is 52.5 Å². The average molecular weight is 231 g/mol. The highest BCUT2D eigenvalue weighted by Crippen LogP contribution is 2.24. The summed E-state index contributed by atoms with van der Waals surface area (Å²) in [7, 11) is 0. The van der Waals surface area contributed by atoms with E-state index in [-0.39, 0.29) is 5.75 Å². The first-order chi connectivity index (χ1) is 7.37. The number of aromatic nitrogens is 2. The second-order valence-electron chi connectivity index (χ2n) is 3.22. The van der Waals surface area contributed by atoms with Crippen LogP contribution in [0.2, 0.25) is 0 Å². The second-order valence-corrected chi connectivity index (χ2v) is 3.22. The van der Waals surface area contributed by atoms with Crippen molar-refractivity contribution in [2.24, 2.45) is 0 Å². The number of nitrogens with zero attached hydrogens (tertiary/aromatic N) is 2. The summed E-state index contributed by atoms with van der Waals surface area (Å²) in [5.74, 6) is 0.0820. The number of ether oxygens (including phenoxy) is 1. The van der Waals surface area contributed by atoms with Crippen molar-refractivity contribution in [1.82, 2.24) is 9.38 Å². The van der Waals surface area contributed by atoms with E-state index in [0.717, 1.165) is 0 Å². The molecule has 0 fully saturated rings. The van der Waals surface area contributed by atoms with Crippen molar-refractivity contribution >= 4 is 11.5 Å². The van der Waals surface area contributed by atoms with Gasteiger partial charge >= 0.3 is 6.36 Å². The van der Waals surface area contributed by atoms with E-state index in [9.17, 15) is 13.2 Å². The molecule has 16 heavy (non-hydrogen) atoms. The third-order valence-electron chi connectivity index (χ3n) is 2.05. The van der Waals surface area contributed by atoms with Gasteiger partial charge in [-0.25, -0.2) is 4.98 Å². The van der Waals surface area contributed by atoms with Gasteiger partial charge < -0.3 is 10.5 Å².